The number of benzene rings is 1. The highest BCUT2D eigenvalue weighted by Crippen LogP contribution is 2.40. The zero-order valence-corrected chi connectivity index (χ0v) is 15.7. The monoisotopic (exact) mass is 410 g/mol. The number of ether oxygens (including phenoxy) is 2. The first-order valence-corrected chi connectivity index (χ1v) is 9.07. The lowest BCUT2D eigenvalue weighted by molar-refractivity contribution is -0.251. The summed E-state index contributed by atoms with van der Waals surface area (Å²) in [6.07, 6.45) is -1.94. The summed E-state index contributed by atoms with van der Waals surface area (Å²) in [5, 5.41) is 7.24. The standard InChI is InChI=1S/C19H18F4N4O2/c1-3-28-19(22,23)17-26-25-16-9-24-15(10-27(16)17)14-5-4-12(6-11(14)2)29-13-7-18(20,21)8-13/h4-6,9-10,13H,3,7-8H2,1-2H3. The number of alkyl halides is 4. The second-order valence-corrected chi connectivity index (χ2v) is 6.95. The Morgan fingerprint density at radius 3 is 2.66 bits per heavy atom. The van der Waals surface area contributed by atoms with Gasteiger partial charge in [0.05, 0.1) is 18.5 Å². The average Bonchev–Trinajstić information content (AvgIpc) is 3.04. The van der Waals surface area contributed by atoms with Crippen LogP contribution in [0.5, 0.6) is 5.75 Å². The lowest BCUT2D eigenvalue weighted by atomic mass is 9.91. The highest BCUT2D eigenvalue weighted by Gasteiger charge is 2.47. The smallest absolute Gasteiger partial charge is 0.418 e. The molecule has 6 nitrogen and oxygen atoms in total. The van der Waals surface area contributed by atoms with Crippen LogP contribution < -0.4 is 4.74 Å². The summed E-state index contributed by atoms with van der Waals surface area (Å²) in [6, 6.07) is 5.06. The Morgan fingerprint density at radius 2 is 2.00 bits per heavy atom. The van der Waals surface area contributed by atoms with Gasteiger partial charge in [0.1, 0.15) is 11.9 Å². The van der Waals surface area contributed by atoms with Crippen LogP contribution in [0.25, 0.3) is 16.9 Å². The molecule has 3 aromatic rings. The first-order valence-electron chi connectivity index (χ1n) is 9.07. The van der Waals surface area contributed by atoms with E-state index in [9.17, 15) is 17.6 Å². The van der Waals surface area contributed by atoms with Gasteiger partial charge in [-0.25, -0.2) is 8.78 Å². The van der Waals surface area contributed by atoms with E-state index >= 15 is 0 Å². The molecule has 0 saturated heterocycles. The van der Waals surface area contributed by atoms with Gasteiger partial charge >= 0.3 is 6.11 Å². The van der Waals surface area contributed by atoms with E-state index in [1.807, 2.05) is 0 Å². The van der Waals surface area contributed by atoms with Crippen molar-refractivity contribution in [3.63, 3.8) is 0 Å². The molecular formula is C19H18F4N4O2. The minimum Gasteiger partial charge on any atom is -0.490 e. The van der Waals surface area contributed by atoms with Crippen molar-refractivity contribution in [1.29, 1.82) is 0 Å². The molecule has 0 radical (unpaired) electrons. The molecule has 1 aliphatic rings. The minimum atomic E-state index is -3.59. The van der Waals surface area contributed by atoms with Crippen molar-refractivity contribution in [2.45, 2.75) is 44.8 Å². The Bertz CT molecular complexity index is 1050. The first-order chi connectivity index (χ1) is 13.7. The Kier molecular flexibility index (Phi) is 4.68. The molecule has 0 atom stereocenters. The summed E-state index contributed by atoms with van der Waals surface area (Å²) in [4.78, 5) is 4.27. The van der Waals surface area contributed by atoms with E-state index in [1.54, 1.807) is 25.1 Å². The van der Waals surface area contributed by atoms with Crippen LogP contribution in [-0.4, -0.2) is 38.2 Å². The van der Waals surface area contributed by atoms with Crippen molar-refractivity contribution in [3.8, 4) is 17.0 Å². The van der Waals surface area contributed by atoms with Gasteiger partial charge in [0.15, 0.2) is 5.65 Å². The molecule has 10 heteroatoms. The molecule has 1 saturated carbocycles. The highest BCUT2D eigenvalue weighted by molar-refractivity contribution is 5.65. The van der Waals surface area contributed by atoms with Crippen LogP contribution in [0, 0.1) is 6.92 Å². The maximum Gasteiger partial charge on any atom is 0.418 e. The van der Waals surface area contributed by atoms with Crippen LogP contribution in [0.4, 0.5) is 17.6 Å². The summed E-state index contributed by atoms with van der Waals surface area (Å²) in [5.74, 6) is -2.82. The van der Waals surface area contributed by atoms with E-state index < -0.39 is 24.0 Å². The molecule has 0 bridgehead atoms. The topological polar surface area (TPSA) is 61.5 Å². The summed E-state index contributed by atoms with van der Waals surface area (Å²) in [5.41, 5.74) is 2.01. The maximum absolute atomic E-state index is 14.2. The largest absolute Gasteiger partial charge is 0.490 e. The molecule has 0 amide bonds. The van der Waals surface area contributed by atoms with Crippen LogP contribution in [-0.2, 0) is 10.8 Å². The molecule has 2 aromatic heterocycles. The summed E-state index contributed by atoms with van der Waals surface area (Å²) < 4.78 is 65.4. The fourth-order valence-electron chi connectivity index (χ4n) is 3.26. The molecule has 29 heavy (non-hydrogen) atoms. The van der Waals surface area contributed by atoms with Gasteiger partial charge in [-0.05, 0) is 37.6 Å². The van der Waals surface area contributed by atoms with E-state index in [1.165, 1.54) is 19.3 Å². The molecule has 1 aliphatic carbocycles. The number of fused-ring (bicyclic) bond motifs is 1. The Labute approximate surface area is 163 Å². The predicted molar refractivity (Wildman–Crippen MR) is 95.1 cm³/mol. The van der Waals surface area contributed by atoms with E-state index in [4.69, 9.17) is 4.74 Å². The van der Waals surface area contributed by atoms with E-state index in [-0.39, 0.29) is 25.1 Å². The van der Waals surface area contributed by atoms with Crippen LogP contribution >= 0.6 is 0 Å². The lowest BCUT2D eigenvalue weighted by Gasteiger charge is -2.34. The zero-order chi connectivity index (χ0) is 20.8. The van der Waals surface area contributed by atoms with E-state index in [2.05, 4.69) is 19.9 Å². The highest BCUT2D eigenvalue weighted by atomic mass is 19.3. The Hall–Kier alpha value is -2.75. The van der Waals surface area contributed by atoms with Crippen molar-refractivity contribution in [2.75, 3.05) is 6.61 Å². The number of halogens is 4. The fraction of sp³-hybridized carbons (Fsp3) is 0.421. The normalized spacial score (nSPS) is 16.8. The van der Waals surface area contributed by atoms with Gasteiger partial charge in [-0.15, -0.1) is 10.2 Å². The third-order valence-electron chi connectivity index (χ3n) is 4.71. The second kappa shape index (κ2) is 6.94. The maximum atomic E-state index is 14.2. The number of hydrogen-bond donors (Lipinski definition) is 0. The molecule has 0 unspecified atom stereocenters. The number of nitrogens with zero attached hydrogens (tertiary/aromatic N) is 4. The quantitative estimate of drug-likeness (QED) is 0.565. The third kappa shape index (κ3) is 3.76. The molecule has 154 valence electrons. The van der Waals surface area contributed by atoms with Gasteiger partial charge in [-0.1, -0.05) is 0 Å². The number of aromatic nitrogens is 4. The van der Waals surface area contributed by atoms with Crippen molar-refractivity contribution in [2.24, 2.45) is 0 Å². The van der Waals surface area contributed by atoms with Crippen LogP contribution in [0.3, 0.4) is 0 Å². The van der Waals surface area contributed by atoms with Gasteiger partial charge < -0.3 is 9.47 Å². The third-order valence-corrected chi connectivity index (χ3v) is 4.71. The molecule has 2 heterocycles. The van der Waals surface area contributed by atoms with Gasteiger partial charge in [0, 0.05) is 24.6 Å². The molecule has 1 fully saturated rings. The fourth-order valence-corrected chi connectivity index (χ4v) is 3.26. The van der Waals surface area contributed by atoms with Gasteiger partial charge in [-0.3, -0.25) is 9.38 Å². The molecule has 0 spiro atoms. The number of rotatable bonds is 6. The van der Waals surface area contributed by atoms with E-state index in [0.29, 0.717) is 17.0 Å². The predicted octanol–water partition coefficient (Wildman–Crippen LogP) is 4.36. The van der Waals surface area contributed by atoms with Crippen LogP contribution in [0.1, 0.15) is 31.2 Å². The molecule has 4 rings (SSSR count). The number of hydrogen-bond acceptors (Lipinski definition) is 5. The second-order valence-electron chi connectivity index (χ2n) is 6.95. The SMILES string of the molecule is CCOC(F)(F)c1nnc2cnc(-c3ccc(OC4CC(F)(F)C4)cc3C)cn12. The Balaban J connectivity index is 1.62. The van der Waals surface area contributed by atoms with Gasteiger partial charge in [0.2, 0.25) is 5.82 Å². The Morgan fingerprint density at radius 1 is 1.24 bits per heavy atom. The van der Waals surface area contributed by atoms with Crippen LogP contribution in [0.2, 0.25) is 0 Å². The average molecular weight is 410 g/mol. The zero-order valence-electron chi connectivity index (χ0n) is 15.7. The summed E-state index contributed by atoms with van der Waals surface area (Å²) in [7, 11) is 0. The molecular weight excluding hydrogens is 392 g/mol. The van der Waals surface area contributed by atoms with Crippen LogP contribution in [0.15, 0.2) is 30.6 Å². The minimum absolute atomic E-state index is 0.159. The first kappa shape index (κ1) is 19.6. The summed E-state index contributed by atoms with van der Waals surface area (Å²) in [6.45, 7) is 3.07. The summed E-state index contributed by atoms with van der Waals surface area (Å²) >= 11 is 0. The van der Waals surface area contributed by atoms with Gasteiger partial charge in [0.25, 0.3) is 5.92 Å². The number of aryl methyl sites for hydroxylation is 1. The molecule has 1 aromatic carbocycles. The van der Waals surface area contributed by atoms with E-state index in [0.717, 1.165) is 9.96 Å². The van der Waals surface area contributed by atoms with Crippen molar-refractivity contribution >= 4 is 5.65 Å². The molecule has 0 aliphatic heterocycles. The van der Waals surface area contributed by atoms with Crippen molar-refractivity contribution in [3.05, 3.63) is 42.0 Å². The lowest BCUT2D eigenvalue weighted by Crippen LogP contribution is -2.43. The van der Waals surface area contributed by atoms with Crippen molar-refractivity contribution in [1.82, 2.24) is 19.6 Å². The molecule has 0 N–H and O–H groups in total. The van der Waals surface area contributed by atoms with Gasteiger partial charge in [-0.2, -0.15) is 8.78 Å². The van der Waals surface area contributed by atoms with Crippen molar-refractivity contribution < 1.29 is 27.0 Å².